The standard InChI is InChI=1S/C20H19N5O/c26-20-17-13-25(16-8-9-19(21-12-16)23-10-4-5-11-23)22-18(17)14-24(20)15-6-2-1-3-7-15/h1-3,6-9,12-13H,4-5,10-11,14H2. The van der Waals surface area contributed by atoms with Crippen LogP contribution in [-0.2, 0) is 6.54 Å². The van der Waals surface area contributed by atoms with Gasteiger partial charge in [-0.2, -0.15) is 5.10 Å². The average Bonchev–Trinajstić information content (AvgIpc) is 3.41. The van der Waals surface area contributed by atoms with Crippen molar-refractivity contribution >= 4 is 17.4 Å². The van der Waals surface area contributed by atoms with Gasteiger partial charge in [-0.25, -0.2) is 9.67 Å². The second kappa shape index (κ2) is 5.98. The lowest BCUT2D eigenvalue weighted by Crippen LogP contribution is -2.23. The Bertz CT molecular complexity index is 942. The predicted molar refractivity (Wildman–Crippen MR) is 99.8 cm³/mol. The smallest absolute Gasteiger partial charge is 0.262 e. The molecule has 0 N–H and O–H groups in total. The van der Waals surface area contributed by atoms with E-state index in [4.69, 9.17) is 0 Å². The first-order valence-electron chi connectivity index (χ1n) is 8.96. The number of nitrogens with zero attached hydrogens (tertiary/aromatic N) is 5. The van der Waals surface area contributed by atoms with Crippen molar-refractivity contribution < 1.29 is 4.79 Å². The summed E-state index contributed by atoms with van der Waals surface area (Å²) in [6.07, 6.45) is 6.10. The summed E-state index contributed by atoms with van der Waals surface area (Å²) in [6, 6.07) is 13.8. The zero-order valence-corrected chi connectivity index (χ0v) is 14.4. The van der Waals surface area contributed by atoms with Crippen LogP contribution in [0.4, 0.5) is 11.5 Å². The van der Waals surface area contributed by atoms with Gasteiger partial charge in [0.1, 0.15) is 5.82 Å². The Morgan fingerprint density at radius 2 is 1.73 bits per heavy atom. The molecule has 0 unspecified atom stereocenters. The highest BCUT2D eigenvalue weighted by molar-refractivity contribution is 6.09. The quantitative estimate of drug-likeness (QED) is 0.732. The third-order valence-corrected chi connectivity index (χ3v) is 5.07. The molecule has 1 aromatic carbocycles. The van der Waals surface area contributed by atoms with Crippen molar-refractivity contribution in [3.8, 4) is 5.69 Å². The molecule has 0 bridgehead atoms. The number of aromatic nitrogens is 3. The summed E-state index contributed by atoms with van der Waals surface area (Å²) in [7, 11) is 0. The fourth-order valence-electron chi connectivity index (χ4n) is 3.67. The molecule has 0 atom stereocenters. The number of pyridine rings is 1. The van der Waals surface area contributed by atoms with Crippen LogP contribution < -0.4 is 9.80 Å². The Morgan fingerprint density at radius 3 is 2.42 bits per heavy atom. The third-order valence-electron chi connectivity index (χ3n) is 5.07. The lowest BCUT2D eigenvalue weighted by atomic mass is 10.3. The van der Waals surface area contributed by atoms with Gasteiger partial charge in [0.25, 0.3) is 5.91 Å². The van der Waals surface area contributed by atoms with Crippen LogP contribution in [0.1, 0.15) is 28.9 Å². The molecule has 26 heavy (non-hydrogen) atoms. The lowest BCUT2D eigenvalue weighted by Gasteiger charge is -2.16. The second-order valence-corrected chi connectivity index (χ2v) is 6.73. The van der Waals surface area contributed by atoms with Crippen LogP contribution in [0.3, 0.4) is 0 Å². The van der Waals surface area contributed by atoms with Gasteiger partial charge < -0.3 is 9.80 Å². The molecule has 1 fully saturated rings. The number of carbonyl (C=O) groups excluding carboxylic acids is 1. The maximum atomic E-state index is 12.7. The maximum absolute atomic E-state index is 12.7. The topological polar surface area (TPSA) is 54.3 Å². The molecule has 0 saturated carbocycles. The Hall–Kier alpha value is -3.15. The molecule has 2 aliphatic rings. The molecule has 6 nitrogen and oxygen atoms in total. The summed E-state index contributed by atoms with van der Waals surface area (Å²) in [6.45, 7) is 2.66. The summed E-state index contributed by atoms with van der Waals surface area (Å²) in [5.74, 6) is 1.01. The van der Waals surface area contributed by atoms with Gasteiger partial charge in [-0.15, -0.1) is 0 Å². The van der Waals surface area contributed by atoms with Crippen LogP contribution in [0.5, 0.6) is 0 Å². The summed E-state index contributed by atoms with van der Waals surface area (Å²) < 4.78 is 1.76. The van der Waals surface area contributed by atoms with Crippen LogP contribution in [0, 0.1) is 0 Å². The number of benzene rings is 1. The number of hydrogen-bond acceptors (Lipinski definition) is 4. The molecule has 4 heterocycles. The minimum absolute atomic E-state index is 0.000837. The van der Waals surface area contributed by atoms with Gasteiger partial charge >= 0.3 is 0 Å². The van der Waals surface area contributed by atoms with Crippen molar-refractivity contribution in [3.05, 3.63) is 66.1 Å². The van der Waals surface area contributed by atoms with Gasteiger partial charge in [0.05, 0.1) is 29.7 Å². The van der Waals surface area contributed by atoms with Gasteiger partial charge in [-0.1, -0.05) is 18.2 Å². The number of anilines is 2. The van der Waals surface area contributed by atoms with E-state index in [2.05, 4.69) is 15.0 Å². The lowest BCUT2D eigenvalue weighted by molar-refractivity contribution is 0.0996. The minimum atomic E-state index is -0.000837. The first kappa shape index (κ1) is 15.1. The Balaban J connectivity index is 1.39. The number of carbonyl (C=O) groups is 1. The average molecular weight is 345 g/mol. The van der Waals surface area contributed by atoms with Gasteiger partial charge in [-0.05, 0) is 37.1 Å². The van der Waals surface area contributed by atoms with Gasteiger partial charge in [0.15, 0.2) is 0 Å². The fraction of sp³-hybridized carbons (Fsp3) is 0.250. The molecule has 1 saturated heterocycles. The first-order chi connectivity index (χ1) is 12.8. The third kappa shape index (κ3) is 2.45. The highest BCUT2D eigenvalue weighted by Crippen LogP contribution is 2.28. The highest BCUT2D eigenvalue weighted by Gasteiger charge is 2.31. The van der Waals surface area contributed by atoms with E-state index in [1.54, 1.807) is 9.58 Å². The molecule has 1 amide bonds. The molecule has 5 rings (SSSR count). The number of para-hydroxylation sites is 1. The van der Waals surface area contributed by atoms with Crippen LogP contribution in [0.2, 0.25) is 0 Å². The number of rotatable bonds is 3. The molecular formula is C20H19N5O. The van der Waals surface area contributed by atoms with Gasteiger partial charge in [0.2, 0.25) is 0 Å². The van der Waals surface area contributed by atoms with E-state index >= 15 is 0 Å². The Kier molecular flexibility index (Phi) is 3.48. The molecule has 2 aliphatic heterocycles. The maximum Gasteiger partial charge on any atom is 0.262 e. The van der Waals surface area contributed by atoms with Crippen LogP contribution in [-0.4, -0.2) is 33.8 Å². The molecule has 0 spiro atoms. The van der Waals surface area contributed by atoms with E-state index < -0.39 is 0 Å². The minimum Gasteiger partial charge on any atom is -0.357 e. The van der Waals surface area contributed by atoms with E-state index in [-0.39, 0.29) is 5.91 Å². The molecule has 0 radical (unpaired) electrons. The van der Waals surface area contributed by atoms with Crippen molar-refractivity contribution in [2.45, 2.75) is 19.4 Å². The fourth-order valence-corrected chi connectivity index (χ4v) is 3.67. The molecule has 2 aromatic heterocycles. The van der Waals surface area contributed by atoms with Crippen LogP contribution in [0.15, 0.2) is 54.9 Å². The summed E-state index contributed by atoms with van der Waals surface area (Å²) in [5.41, 5.74) is 3.25. The van der Waals surface area contributed by atoms with Crippen molar-refractivity contribution in [1.29, 1.82) is 0 Å². The number of amides is 1. The number of hydrogen-bond donors (Lipinski definition) is 0. The normalized spacial score (nSPS) is 16.4. The summed E-state index contributed by atoms with van der Waals surface area (Å²) >= 11 is 0. The molecule has 6 heteroatoms. The highest BCUT2D eigenvalue weighted by atomic mass is 16.2. The van der Waals surface area contributed by atoms with E-state index in [9.17, 15) is 4.79 Å². The van der Waals surface area contributed by atoms with Gasteiger partial charge in [-0.3, -0.25) is 4.79 Å². The number of fused-ring (bicyclic) bond motifs is 1. The molecular weight excluding hydrogens is 326 g/mol. The van der Waals surface area contributed by atoms with E-state index in [1.807, 2.05) is 54.9 Å². The van der Waals surface area contributed by atoms with Crippen LogP contribution in [0.25, 0.3) is 5.69 Å². The van der Waals surface area contributed by atoms with E-state index in [1.165, 1.54) is 12.8 Å². The second-order valence-electron chi connectivity index (χ2n) is 6.73. The largest absolute Gasteiger partial charge is 0.357 e. The summed E-state index contributed by atoms with van der Waals surface area (Å²) in [4.78, 5) is 21.4. The monoisotopic (exact) mass is 345 g/mol. The Labute approximate surface area is 151 Å². The van der Waals surface area contributed by atoms with Crippen molar-refractivity contribution in [1.82, 2.24) is 14.8 Å². The first-order valence-corrected chi connectivity index (χ1v) is 8.96. The SMILES string of the molecule is O=C1c2cn(-c3ccc(N4CCCC4)nc3)nc2CN1c1ccccc1. The van der Waals surface area contributed by atoms with E-state index in [0.717, 1.165) is 36.0 Å². The van der Waals surface area contributed by atoms with Crippen molar-refractivity contribution in [3.63, 3.8) is 0 Å². The molecule has 130 valence electrons. The predicted octanol–water partition coefficient (Wildman–Crippen LogP) is 3.03. The molecule has 3 aromatic rings. The Morgan fingerprint density at radius 1 is 0.923 bits per heavy atom. The van der Waals surface area contributed by atoms with Crippen LogP contribution >= 0.6 is 0 Å². The van der Waals surface area contributed by atoms with E-state index in [0.29, 0.717) is 12.1 Å². The van der Waals surface area contributed by atoms with Gasteiger partial charge in [0, 0.05) is 25.0 Å². The van der Waals surface area contributed by atoms with Crippen molar-refractivity contribution in [2.75, 3.05) is 22.9 Å². The zero-order chi connectivity index (χ0) is 17.5. The molecule has 0 aliphatic carbocycles. The zero-order valence-electron chi connectivity index (χ0n) is 14.4. The van der Waals surface area contributed by atoms with Crippen molar-refractivity contribution in [2.24, 2.45) is 0 Å². The summed E-state index contributed by atoms with van der Waals surface area (Å²) in [5, 5.41) is 4.61.